The largest absolute Gasteiger partial charge is 0.352 e. The zero-order valence-electron chi connectivity index (χ0n) is 11.2. The lowest BCUT2D eigenvalue weighted by Crippen LogP contribution is -2.28. The number of non-ortho nitro benzene ring substituents is 1. The van der Waals surface area contributed by atoms with Crippen LogP contribution in [-0.4, -0.2) is 17.4 Å². The summed E-state index contributed by atoms with van der Waals surface area (Å²) in [5, 5.41) is 13.1. The Hall–Kier alpha value is -1.98. The summed E-state index contributed by atoms with van der Waals surface area (Å²) in [5.74, 6) is -1.40. The van der Waals surface area contributed by atoms with Crippen molar-refractivity contribution in [2.75, 3.05) is 6.54 Å². The smallest absolute Gasteiger partial charge is 0.270 e. The zero-order chi connectivity index (χ0) is 14.6. The van der Waals surface area contributed by atoms with Gasteiger partial charge in [-0.25, -0.2) is 4.39 Å². The number of benzene rings is 1. The van der Waals surface area contributed by atoms with Crippen LogP contribution < -0.4 is 5.32 Å². The molecule has 1 N–H and O–H groups in total. The van der Waals surface area contributed by atoms with Gasteiger partial charge in [0.1, 0.15) is 5.82 Å². The first-order valence-electron chi connectivity index (χ1n) is 5.93. The van der Waals surface area contributed by atoms with Gasteiger partial charge in [0.2, 0.25) is 0 Å². The number of nitro benzene ring substituents is 1. The first-order valence-corrected chi connectivity index (χ1v) is 5.93. The van der Waals surface area contributed by atoms with Crippen molar-refractivity contribution in [3.8, 4) is 0 Å². The van der Waals surface area contributed by atoms with E-state index in [9.17, 15) is 19.3 Å². The van der Waals surface area contributed by atoms with Crippen molar-refractivity contribution in [3.05, 3.63) is 39.7 Å². The van der Waals surface area contributed by atoms with Gasteiger partial charge >= 0.3 is 0 Å². The van der Waals surface area contributed by atoms with Crippen LogP contribution in [0, 0.1) is 21.3 Å². The molecule has 0 fully saturated rings. The van der Waals surface area contributed by atoms with E-state index in [2.05, 4.69) is 5.32 Å². The molecule has 1 aromatic carbocycles. The Morgan fingerprint density at radius 2 is 2.05 bits per heavy atom. The minimum atomic E-state index is -0.765. The maximum absolute atomic E-state index is 13.5. The zero-order valence-corrected chi connectivity index (χ0v) is 11.2. The quantitative estimate of drug-likeness (QED) is 0.674. The Kier molecular flexibility index (Phi) is 4.58. The van der Waals surface area contributed by atoms with Crippen LogP contribution in [0.15, 0.2) is 18.2 Å². The van der Waals surface area contributed by atoms with Crippen LogP contribution in [0.2, 0.25) is 0 Å². The van der Waals surface area contributed by atoms with E-state index in [1.165, 1.54) is 0 Å². The van der Waals surface area contributed by atoms with E-state index < -0.39 is 16.6 Å². The Morgan fingerprint density at radius 1 is 1.42 bits per heavy atom. The number of hydrogen-bond donors (Lipinski definition) is 1. The number of nitrogens with zero attached hydrogens (tertiary/aromatic N) is 1. The third-order valence-corrected chi connectivity index (χ3v) is 2.57. The molecule has 104 valence electrons. The van der Waals surface area contributed by atoms with Gasteiger partial charge in [0, 0.05) is 18.7 Å². The summed E-state index contributed by atoms with van der Waals surface area (Å²) in [6.07, 6.45) is 0.731. The summed E-state index contributed by atoms with van der Waals surface area (Å²) in [7, 11) is 0. The lowest BCUT2D eigenvalue weighted by Gasteiger charge is -2.18. The SMILES string of the molecule is CC(C)(C)CCNC(=O)c1cc([N+](=O)[O-])ccc1F. The van der Waals surface area contributed by atoms with E-state index in [0.29, 0.717) is 6.54 Å². The molecule has 0 aliphatic carbocycles. The summed E-state index contributed by atoms with van der Waals surface area (Å²) in [5.41, 5.74) is -0.556. The highest BCUT2D eigenvalue weighted by Crippen LogP contribution is 2.18. The summed E-state index contributed by atoms with van der Waals surface area (Å²) < 4.78 is 13.5. The predicted octanol–water partition coefficient (Wildman–Crippen LogP) is 2.90. The first-order chi connectivity index (χ1) is 8.70. The third kappa shape index (κ3) is 4.65. The second-order valence-electron chi connectivity index (χ2n) is 5.49. The molecule has 0 heterocycles. The molecule has 6 heteroatoms. The van der Waals surface area contributed by atoms with E-state index >= 15 is 0 Å². The topological polar surface area (TPSA) is 72.2 Å². The van der Waals surface area contributed by atoms with Crippen LogP contribution in [0.1, 0.15) is 37.6 Å². The molecule has 1 rings (SSSR count). The van der Waals surface area contributed by atoms with Crippen LogP contribution in [0.3, 0.4) is 0 Å². The van der Waals surface area contributed by atoms with Crippen molar-refractivity contribution in [2.24, 2.45) is 5.41 Å². The molecule has 5 nitrogen and oxygen atoms in total. The molecule has 19 heavy (non-hydrogen) atoms. The molecule has 0 spiro atoms. The van der Waals surface area contributed by atoms with Crippen LogP contribution >= 0.6 is 0 Å². The number of carbonyl (C=O) groups excluding carboxylic acids is 1. The number of rotatable bonds is 4. The van der Waals surface area contributed by atoms with Gasteiger partial charge in [-0.3, -0.25) is 14.9 Å². The lowest BCUT2D eigenvalue weighted by molar-refractivity contribution is -0.384. The molecule has 0 saturated heterocycles. The number of amides is 1. The van der Waals surface area contributed by atoms with Gasteiger partial charge in [0.25, 0.3) is 11.6 Å². The normalized spacial score (nSPS) is 11.2. The average Bonchev–Trinajstić information content (AvgIpc) is 2.27. The molecule has 1 amide bonds. The summed E-state index contributed by atoms with van der Waals surface area (Å²) in [6.45, 7) is 6.46. The standard InChI is InChI=1S/C13H17FN2O3/c1-13(2,3)6-7-15-12(17)10-8-9(16(18)19)4-5-11(10)14/h4-5,8H,6-7H2,1-3H3,(H,15,17). The highest BCUT2D eigenvalue weighted by atomic mass is 19.1. The third-order valence-electron chi connectivity index (χ3n) is 2.57. The van der Waals surface area contributed by atoms with E-state index in [4.69, 9.17) is 0 Å². The Balaban J connectivity index is 2.76. The van der Waals surface area contributed by atoms with Crippen LogP contribution in [0.5, 0.6) is 0 Å². The van der Waals surface area contributed by atoms with Crippen molar-refractivity contribution < 1.29 is 14.1 Å². The number of carbonyl (C=O) groups is 1. The van der Waals surface area contributed by atoms with E-state index in [1.807, 2.05) is 20.8 Å². The van der Waals surface area contributed by atoms with E-state index in [0.717, 1.165) is 24.6 Å². The van der Waals surface area contributed by atoms with Gasteiger partial charge in [-0.1, -0.05) is 20.8 Å². The van der Waals surface area contributed by atoms with Gasteiger partial charge in [0.05, 0.1) is 10.5 Å². The molecule has 0 aliphatic rings. The fourth-order valence-corrected chi connectivity index (χ4v) is 1.45. The molecule has 0 radical (unpaired) electrons. The van der Waals surface area contributed by atoms with Crippen molar-refractivity contribution in [3.63, 3.8) is 0 Å². The van der Waals surface area contributed by atoms with Gasteiger partial charge in [-0.05, 0) is 17.9 Å². The van der Waals surface area contributed by atoms with Crippen LogP contribution in [-0.2, 0) is 0 Å². The fraction of sp³-hybridized carbons (Fsp3) is 0.462. The maximum Gasteiger partial charge on any atom is 0.270 e. The van der Waals surface area contributed by atoms with E-state index in [1.54, 1.807) is 0 Å². The molecular weight excluding hydrogens is 251 g/mol. The number of hydrogen-bond acceptors (Lipinski definition) is 3. The predicted molar refractivity (Wildman–Crippen MR) is 69.5 cm³/mol. The minimum Gasteiger partial charge on any atom is -0.352 e. The fourth-order valence-electron chi connectivity index (χ4n) is 1.45. The van der Waals surface area contributed by atoms with Crippen LogP contribution in [0.4, 0.5) is 10.1 Å². The van der Waals surface area contributed by atoms with Gasteiger partial charge in [-0.15, -0.1) is 0 Å². The summed E-state index contributed by atoms with van der Waals surface area (Å²) in [4.78, 5) is 21.7. The summed E-state index contributed by atoms with van der Waals surface area (Å²) >= 11 is 0. The second-order valence-corrected chi connectivity index (χ2v) is 5.49. The van der Waals surface area contributed by atoms with Crippen molar-refractivity contribution >= 4 is 11.6 Å². The Labute approximate surface area is 111 Å². The molecule has 0 aliphatic heterocycles. The molecule has 0 saturated carbocycles. The van der Waals surface area contributed by atoms with Gasteiger partial charge in [-0.2, -0.15) is 0 Å². The van der Waals surface area contributed by atoms with Crippen molar-refractivity contribution in [1.29, 1.82) is 0 Å². The summed E-state index contributed by atoms with van der Waals surface area (Å²) in [6, 6.07) is 2.90. The van der Waals surface area contributed by atoms with Crippen molar-refractivity contribution in [2.45, 2.75) is 27.2 Å². The van der Waals surface area contributed by atoms with Crippen molar-refractivity contribution in [1.82, 2.24) is 5.32 Å². The molecule has 1 aromatic rings. The highest BCUT2D eigenvalue weighted by molar-refractivity contribution is 5.95. The second kappa shape index (κ2) is 5.77. The molecule has 0 bridgehead atoms. The molecule has 0 atom stereocenters. The van der Waals surface area contributed by atoms with Gasteiger partial charge in [0.15, 0.2) is 0 Å². The first kappa shape index (κ1) is 15.1. The number of nitrogens with one attached hydrogen (secondary N) is 1. The van der Waals surface area contributed by atoms with Gasteiger partial charge < -0.3 is 5.32 Å². The molecule has 0 aromatic heterocycles. The average molecular weight is 268 g/mol. The molecule has 0 unspecified atom stereocenters. The highest BCUT2D eigenvalue weighted by Gasteiger charge is 2.17. The monoisotopic (exact) mass is 268 g/mol. The number of nitro groups is 1. The Bertz CT molecular complexity index is 495. The van der Waals surface area contributed by atoms with E-state index in [-0.39, 0.29) is 16.7 Å². The number of halogens is 1. The maximum atomic E-state index is 13.5. The van der Waals surface area contributed by atoms with Crippen LogP contribution in [0.25, 0.3) is 0 Å². The lowest BCUT2D eigenvalue weighted by atomic mass is 9.92. The minimum absolute atomic E-state index is 0.0501. The molecular formula is C13H17FN2O3. The Morgan fingerprint density at radius 3 is 2.58 bits per heavy atom.